The van der Waals surface area contributed by atoms with Gasteiger partial charge in [-0.2, -0.15) is 0 Å². The van der Waals surface area contributed by atoms with Crippen LogP contribution in [0.5, 0.6) is 5.75 Å². The molecule has 1 aromatic carbocycles. The van der Waals surface area contributed by atoms with Gasteiger partial charge < -0.3 is 25.2 Å². The molecule has 2 N–H and O–H groups in total. The maximum atomic E-state index is 13.3. The van der Waals surface area contributed by atoms with Gasteiger partial charge in [0.2, 0.25) is 11.8 Å². The Hall–Kier alpha value is -3.62. The fraction of sp³-hybridized carbons (Fsp3) is 0.440. The monoisotopic (exact) mass is 465 g/mol. The molecule has 3 heterocycles. The lowest BCUT2D eigenvalue weighted by molar-refractivity contribution is -0.128. The number of likely N-dealkylation sites (tertiary alicyclic amines) is 1. The number of nitrogens with zero attached hydrogens (tertiary/aromatic N) is 3. The topological polar surface area (TPSA) is 104 Å². The van der Waals surface area contributed by atoms with E-state index in [2.05, 4.69) is 15.6 Å². The smallest absolute Gasteiger partial charge is 0.273 e. The summed E-state index contributed by atoms with van der Waals surface area (Å²) in [4.78, 5) is 45.4. The van der Waals surface area contributed by atoms with E-state index >= 15 is 0 Å². The van der Waals surface area contributed by atoms with Crippen LogP contribution >= 0.6 is 0 Å². The van der Waals surface area contributed by atoms with Crippen molar-refractivity contribution in [3.63, 3.8) is 0 Å². The number of nitrogens with one attached hydrogen (secondary N) is 2. The quantitative estimate of drug-likeness (QED) is 0.704. The summed E-state index contributed by atoms with van der Waals surface area (Å²) in [6.45, 7) is 2.58. The molecule has 2 aliphatic rings. The molecule has 9 heteroatoms. The number of carbonyl (C=O) groups excluding carboxylic acids is 3. The second-order valence-electron chi connectivity index (χ2n) is 8.50. The normalized spacial score (nSPS) is 16.8. The summed E-state index contributed by atoms with van der Waals surface area (Å²) in [7, 11) is 0. The fourth-order valence-electron chi connectivity index (χ4n) is 4.14. The molecule has 3 amide bonds. The molecule has 0 radical (unpaired) electrons. The first-order chi connectivity index (χ1) is 16.6. The molecule has 4 rings (SSSR count). The molecule has 180 valence electrons. The van der Waals surface area contributed by atoms with Gasteiger partial charge in [0.1, 0.15) is 17.3 Å². The van der Waals surface area contributed by atoms with Gasteiger partial charge in [-0.15, -0.1) is 0 Å². The van der Waals surface area contributed by atoms with Crippen molar-refractivity contribution >= 4 is 29.2 Å². The molecule has 1 aromatic heterocycles. The second kappa shape index (κ2) is 11.5. The molecule has 0 unspecified atom stereocenters. The summed E-state index contributed by atoms with van der Waals surface area (Å²) in [6, 6.07) is 12.9. The van der Waals surface area contributed by atoms with Crippen molar-refractivity contribution in [3.05, 3.63) is 48.2 Å². The van der Waals surface area contributed by atoms with Crippen LogP contribution in [0, 0.1) is 0 Å². The predicted octanol–water partition coefficient (Wildman–Crippen LogP) is 2.57. The summed E-state index contributed by atoms with van der Waals surface area (Å²) in [6.07, 6.45) is 3.91. The van der Waals surface area contributed by atoms with Crippen LogP contribution in [0.4, 0.5) is 11.5 Å². The standard InChI is InChI=1S/C25H31N5O4/c31-23(26-13-16-29-15-7-12-24(29)32)18-30-14-4-1-5-17-34-21-10-3-2-8-19(21)27-22-11-6-9-20(28-22)25(30)33/h2-3,6,8-11H,1,4-5,7,12-18H2,(H,26,31)(H,27,28). The Labute approximate surface area is 199 Å². The van der Waals surface area contributed by atoms with Crippen molar-refractivity contribution in [3.8, 4) is 5.75 Å². The maximum Gasteiger partial charge on any atom is 0.273 e. The number of benzene rings is 1. The van der Waals surface area contributed by atoms with Crippen LogP contribution in [0.1, 0.15) is 42.6 Å². The molecule has 1 fully saturated rings. The molecule has 0 saturated carbocycles. The zero-order valence-electron chi connectivity index (χ0n) is 19.3. The predicted molar refractivity (Wildman–Crippen MR) is 128 cm³/mol. The van der Waals surface area contributed by atoms with E-state index in [1.165, 1.54) is 0 Å². The lowest BCUT2D eigenvalue weighted by Gasteiger charge is -2.23. The van der Waals surface area contributed by atoms with Crippen molar-refractivity contribution in [2.45, 2.75) is 32.1 Å². The SMILES string of the molecule is O=C(CN1CCCCCOc2ccccc2Nc2cccc(n2)C1=O)NCCN1CCCC1=O. The van der Waals surface area contributed by atoms with Crippen molar-refractivity contribution in [2.75, 3.05) is 44.6 Å². The first-order valence-corrected chi connectivity index (χ1v) is 11.9. The van der Waals surface area contributed by atoms with Crippen LogP contribution in [0.15, 0.2) is 42.5 Å². The summed E-state index contributed by atoms with van der Waals surface area (Å²) < 4.78 is 5.95. The Morgan fingerprint density at radius 2 is 1.85 bits per heavy atom. The summed E-state index contributed by atoms with van der Waals surface area (Å²) in [5.41, 5.74) is 1.06. The molecular formula is C25H31N5O4. The Bertz CT molecular complexity index is 1030. The van der Waals surface area contributed by atoms with Gasteiger partial charge in [0.05, 0.1) is 18.8 Å². The lowest BCUT2D eigenvalue weighted by atomic mass is 10.2. The van der Waals surface area contributed by atoms with E-state index in [0.717, 1.165) is 43.7 Å². The Kier molecular flexibility index (Phi) is 7.95. The fourth-order valence-corrected chi connectivity index (χ4v) is 4.14. The van der Waals surface area contributed by atoms with Gasteiger partial charge >= 0.3 is 0 Å². The second-order valence-corrected chi connectivity index (χ2v) is 8.50. The van der Waals surface area contributed by atoms with Gasteiger partial charge in [-0.05, 0) is 49.9 Å². The highest BCUT2D eigenvalue weighted by Gasteiger charge is 2.22. The van der Waals surface area contributed by atoms with Crippen molar-refractivity contribution in [1.29, 1.82) is 0 Å². The van der Waals surface area contributed by atoms with Gasteiger partial charge in [-0.3, -0.25) is 14.4 Å². The minimum Gasteiger partial charge on any atom is -0.491 e. The highest BCUT2D eigenvalue weighted by atomic mass is 16.5. The number of fused-ring (bicyclic) bond motifs is 3. The van der Waals surface area contributed by atoms with Gasteiger partial charge in [0.25, 0.3) is 5.91 Å². The number of carbonyl (C=O) groups is 3. The van der Waals surface area contributed by atoms with E-state index in [9.17, 15) is 14.4 Å². The largest absolute Gasteiger partial charge is 0.491 e. The van der Waals surface area contributed by atoms with Gasteiger partial charge in [-0.25, -0.2) is 4.98 Å². The van der Waals surface area contributed by atoms with E-state index in [4.69, 9.17) is 4.74 Å². The number of ether oxygens (including phenoxy) is 1. The first kappa shape index (κ1) is 23.5. The summed E-state index contributed by atoms with van der Waals surface area (Å²) in [5.74, 6) is 0.874. The third kappa shape index (κ3) is 6.24. The third-order valence-corrected chi connectivity index (χ3v) is 5.94. The average molecular weight is 466 g/mol. The maximum absolute atomic E-state index is 13.3. The van der Waals surface area contributed by atoms with E-state index in [1.807, 2.05) is 24.3 Å². The zero-order valence-corrected chi connectivity index (χ0v) is 19.3. The van der Waals surface area contributed by atoms with Gasteiger partial charge in [0.15, 0.2) is 0 Å². The van der Waals surface area contributed by atoms with Crippen molar-refractivity contribution in [2.24, 2.45) is 0 Å². The molecule has 2 bridgehead atoms. The highest BCUT2D eigenvalue weighted by molar-refractivity contribution is 5.95. The molecule has 2 aliphatic heterocycles. The van der Waals surface area contributed by atoms with E-state index in [-0.39, 0.29) is 30.0 Å². The van der Waals surface area contributed by atoms with Crippen LogP contribution in [0.2, 0.25) is 0 Å². The van der Waals surface area contributed by atoms with Crippen molar-refractivity contribution in [1.82, 2.24) is 20.1 Å². The molecule has 34 heavy (non-hydrogen) atoms. The molecule has 1 saturated heterocycles. The van der Waals surface area contributed by atoms with Crippen LogP contribution < -0.4 is 15.4 Å². The van der Waals surface area contributed by atoms with Crippen LogP contribution in [-0.2, 0) is 9.59 Å². The third-order valence-electron chi connectivity index (χ3n) is 5.94. The average Bonchev–Trinajstić information content (AvgIpc) is 3.25. The lowest BCUT2D eigenvalue weighted by Crippen LogP contribution is -2.43. The number of para-hydroxylation sites is 2. The molecule has 0 aliphatic carbocycles. The van der Waals surface area contributed by atoms with E-state index < -0.39 is 0 Å². The molecule has 0 spiro atoms. The molecule has 9 nitrogen and oxygen atoms in total. The van der Waals surface area contributed by atoms with Gasteiger partial charge in [-0.1, -0.05) is 18.2 Å². The van der Waals surface area contributed by atoms with E-state index in [1.54, 1.807) is 28.0 Å². The molecule has 2 aromatic rings. The van der Waals surface area contributed by atoms with E-state index in [0.29, 0.717) is 38.5 Å². The number of aromatic nitrogens is 1. The first-order valence-electron chi connectivity index (χ1n) is 11.9. The Balaban J connectivity index is 1.43. The summed E-state index contributed by atoms with van der Waals surface area (Å²) >= 11 is 0. The Morgan fingerprint density at radius 1 is 1.00 bits per heavy atom. The number of hydrogen-bond acceptors (Lipinski definition) is 6. The highest BCUT2D eigenvalue weighted by Crippen LogP contribution is 2.27. The number of hydrogen-bond donors (Lipinski definition) is 2. The number of amides is 3. The molecule has 0 atom stereocenters. The summed E-state index contributed by atoms with van der Waals surface area (Å²) in [5, 5.41) is 6.07. The minimum atomic E-state index is -0.282. The zero-order chi connectivity index (χ0) is 23.8. The van der Waals surface area contributed by atoms with Crippen LogP contribution in [0.3, 0.4) is 0 Å². The van der Waals surface area contributed by atoms with Crippen LogP contribution in [-0.4, -0.2) is 71.8 Å². The van der Waals surface area contributed by atoms with Gasteiger partial charge in [0, 0.05) is 32.6 Å². The molecular weight excluding hydrogens is 434 g/mol. The minimum absolute atomic E-state index is 0.0501. The number of pyridine rings is 1. The Morgan fingerprint density at radius 3 is 2.71 bits per heavy atom. The van der Waals surface area contributed by atoms with Crippen molar-refractivity contribution < 1.29 is 19.1 Å². The van der Waals surface area contributed by atoms with Crippen LogP contribution in [0.25, 0.3) is 0 Å². The number of rotatable bonds is 5. The number of anilines is 2.